The van der Waals surface area contributed by atoms with E-state index in [0.29, 0.717) is 11.2 Å². The standard InChI is InChI=1S/C26H47N5O9P2/c1-16(2)37-41(33,38-17(3)4)14-35-11-21(22(32)12-36-15-42(34,39-18(5)6)40-19(7)8)31-13-28-24-23(20-9-10-20)29-26(27)30-25(24)31/h13,16-22,32H,9-12,14-15H2,1-8H3,(H2,27,29,30)/t21-,22+/m0/s1. The van der Waals surface area contributed by atoms with Crippen LogP contribution in [0.2, 0.25) is 0 Å². The highest BCUT2D eigenvalue weighted by Crippen LogP contribution is 2.51. The van der Waals surface area contributed by atoms with Crippen molar-refractivity contribution in [3.05, 3.63) is 12.0 Å². The van der Waals surface area contributed by atoms with Gasteiger partial charge in [-0.1, -0.05) is 0 Å². The Labute approximate surface area is 248 Å². The lowest BCUT2D eigenvalue weighted by Crippen LogP contribution is -2.32. The maximum atomic E-state index is 13.3. The minimum atomic E-state index is -3.61. The summed E-state index contributed by atoms with van der Waals surface area (Å²) < 4.78 is 62.0. The number of nitrogens with zero attached hydrogens (tertiary/aromatic N) is 4. The van der Waals surface area contributed by atoms with Crippen LogP contribution in [0.1, 0.15) is 85.9 Å². The highest BCUT2D eigenvalue weighted by molar-refractivity contribution is 7.53. The molecular formula is C26H47N5O9P2. The lowest BCUT2D eigenvalue weighted by atomic mass is 10.1. The molecule has 2 aromatic heterocycles. The lowest BCUT2D eigenvalue weighted by molar-refractivity contribution is -0.0122. The molecule has 3 N–H and O–H groups in total. The van der Waals surface area contributed by atoms with Gasteiger partial charge in [0.1, 0.15) is 24.3 Å². The van der Waals surface area contributed by atoms with Crippen molar-refractivity contribution in [3.8, 4) is 0 Å². The minimum absolute atomic E-state index is 0.0920. The lowest BCUT2D eigenvalue weighted by Gasteiger charge is -2.27. The van der Waals surface area contributed by atoms with Gasteiger partial charge in [0.15, 0.2) is 5.65 Å². The normalized spacial score (nSPS) is 16.4. The molecule has 0 saturated heterocycles. The average molecular weight is 636 g/mol. The first kappa shape index (κ1) is 35.0. The Hall–Kier alpha value is -1.47. The van der Waals surface area contributed by atoms with E-state index in [0.717, 1.165) is 18.5 Å². The van der Waals surface area contributed by atoms with Crippen molar-refractivity contribution in [2.24, 2.45) is 0 Å². The monoisotopic (exact) mass is 635 g/mol. The van der Waals surface area contributed by atoms with Gasteiger partial charge < -0.3 is 43.0 Å². The zero-order chi connectivity index (χ0) is 31.2. The summed E-state index contributed by atoms with van der Waals surface area (Å²) in [5.41, 5.74) is 7.81. The first-order chi connectivity index (χ1) is 19.6. The molecule has 1 aliphatic carbocycles. The third-order valence-electron chi connectivity index (χ3n) is 5.79. The van der Waals surface area contributed by atoms with E-state index in [4.69, 9.17) is 33.3 Å². The van der Waals surface area contributed by atoms with Crippen molar-refractivity contribution in [1.29, 1.82) is 0 Å². The van der Waals surface area contributed by atoms with Crippen LogP contribution in [0.5, 0.6) is 0 Å². The van der Waals surface area contributed by atoms with Crippen LogP contribution in [0.3, 0.4) is 0 Å². The molecule has 0 radical (unpaired) electrons. The Balaban J connectivity index is 1.84. The molecule has 0 spiro atoms. The van der Waals surface area contributed by atoms with E-state index in [2.05, 4.69) is 15.0 Å². The van der Waals surface area contributed by atoms with Gasteiger partial charge in [-0.3, -0.25) is 9.13 Å². The largest absolute Gasteiger partial charge is 0.388 e. The molecular weight excluding hydrogens is 588 g/mol. The molecule has 2 atom stereocenters. The maximum absolute atomic E-state index is 13.3. The molecule has 16 heteroatoms. The van der Waals surface area contributed by atoms with Gasteiger partial charge in [0.25, 0.3) is 0 Å². The van der Waals surface area contributed by atoms with Gasteiger partial charge >= 0.3 is 15.2 Å². The minimum Gasteiger partial charge on any atom is -0.388 e. The maximum Gasteiger partial charge on any atom is 0.356 e. The quantitative estimate of drug-likeness (QED) is 0.192. The van der Waals surface area contributed by atoms with Crippen LogP contribution < -0.4 is 5.73 Å². The van der Waals surface area contributed by atoms with E-state index < -0.39 is 27.3 Å². The fourth-order valence-corrected chi connectivity index (χ4v) is 7.93. The second-order valence-corrected chi connectivity index (χ2v) is 15.3. The van der Waals surface area contributed by atoms with E-state index in [9.17, 15) is 14.2 Å². The number of aliphatic hydroxyl groups excluding tert-OH is 1. The van der Waals surface area contributed by atoms with Gasteiger partial charge in [-0.25, -0.2) is 9.97 Å². The summed E-state index contributed by atoms with van der Waals surface area (Å²) in [5, 5.41) is 11.4. The van der Waals surface area contributed by atoms with Gasteiger partial charge in [-0.15, -0.1) is 0 Å². The Kier molecular flexibility index (Phi) is 12.5. The molecule has 0 unspecified atom stereocenters. The van der Waals surface area contributed by atoms with Crippen molar-refractivity contribution in [2.75, 3.05) is 31.6 Å². The molecule has 240 valence electrons. The van der Waals surface area contributed by atoms with Crippen LogP contribution in [0.4, 0.5) is 5.95 Å². The number of nitrogen functional groups attached to an aromatic ring is 1. The van der Waals surface area contributed by atoms with Crippen molar-refractivity contribution in [1.82, 2.24) is 19.5 Å². The average Bonchev–Trinajstić information content (AvgIpc) is 3.59. The van der Waals surface area contributed by atoms with Crippen molar-refractivity contribution in [2.45, 2.75) is 111 Å². The van der Waals surface area contributed by atoms with Crippen LogP contribution in [0, 0.1) is 0 Å². The van der Waals surface area contributed by atoms with E-state index in [1.807, 2.05) is 0 Å². The van der Waals surface area contributed by atoms with E-state index in [1.165, 1.54) is 6.33 Å². The van der Waals surface area contributed by atoms with E-state index in [1.54, 1.807) is 60.0 Å². The van der Waals surface area contributed by atoms with E-state index in [-0.39, 0.29) is 62.2 Å². The fourth-order valence-electron chi connectivity index (χ4n) is 4.35. The third-order valence-corrected chi connectivity index (χ3v) is 9.76. The summed E-state index contributed by atoms with van der Waals surface area (Å²) in [6.07, 6.45) is 0.165. The molecule has 0 bridgehead atoms. The second-order valence-electron chi connectivity index (χ2n) is 11.5. The second kappa shape index (κ2) is 15.0. The number of fused-ring (bicyclic) bond motifs is 1. The van der Waals surface area contributed by atoms with Crippen LogP contribution in [-0.4, -0.2) is 81.1 Å². The molecule has 2 heterocycles. The molecule has 42 heavy (non-hydrogen) atoms. The smallest absolute Gasteiger partial charge is 0.356 e. The Morgan fingerprint density at radius 1 is 0.857 bits per heavy atom. The zero-order valence-electron chi connectivity index (χ0n) is 25.8. The number of hydrogen-bond donors (Lipinski definition) is 2. The van der Waals surface area contributed by atoms with Gasteiger partial charge in [0.05, 0.1) is 55.7 Å². The van der Waals surface area contributed by atoms with Crippen molar-refractivity contribution in [3.63, 3.8) is 0 Å². The molecule has 1 aliphatic rings. The molecule has 0 amide bonds. The SMILES string of the molecule is CC(C)OP(=O)(COC[C@@H](O)[C@H](COCP(=O)(OC(C)C)OC(C)C)n1cnc2c(C3CC3)nc(N)nc21)OC(C)C. The number of imidazole rings is 1. The summed E-state index contributed by atoms with van der Waals surface area (Å²) >= 11 is 0. The van der Waals surface area contributed by atoms with Gasteiger partial charge in [0, 0.05) is 5.92 Å². The van der Waals surface area contributed by atoms with Crippen molar-refractivity contribution < 1.29 is 41.8 Å². The summed E-state index contributed by atoms with van der Waals surface area (Å²) in [5.74, 6) is 0.349. The zero-order valence-corrected chi connectivity index (χ0v) is 27.6. The van der Waals surface area contributed by atoms with Gasteiger partial charge in [0.2, 0.25) is 5.95 Å². The van der Waals surface area contributed by atoms with Gasteiger partial charge in [-0.05, 0) is 68.2 Å². The first-order valence-electron chi connectivity index (χ1n) is 14.4. The predicted molar refractivity (Wildman–Crippen MR) is 158 cm³/mol. The number of nitrogens with two attached hydrogens (primary N) is 1. The fraction of sp³-hybridized carbons (Fsp3) is 0.808. The summed E-state index contributed by atoms with van der Waals surface area (Å²) in [4.78, 5) is 13.3. The number of ether oxygens (including phenoxy) is 2. The molecule has 3 rings (SSSR count). The van der Waals surface area contributed by atoms with Gasteiger partial charge in [-0.2, -0.15) is 4.98 Å². The Bertz CT molecular complexity index is 1220. The van der Waals surface area contributed by atoms with Crippen LogP contribution >= 0.6 is 15.2 Å². The van der Waals surface area contributed by atoms with Crippen molar-refractivity contribution >= 4 is 32.3 Å². The highest BCUT2D eigenvalue weighted by Gasteiger charge is 2.34. The molecule has 0 aromatic carbocycles. The molecule has 0 aliphatic heterocycles. The first-order valence-corrected chi connectivity index (χ1v) is 17.8. The summed E-state index contributed by atoms with van der Waals surface area (Å²) in [7, 11) is -7.21. The number of aromatic nitrogens is 4. The van der Waals surface area contributed by atoms with Crippen LogP contribution in [0.25, 0.3) is 11.2 Å². The predicted octanol–water partition coefficient (Wildman–Crippen LogP) is 5.22. The van der Waals surface area contributed by atoms with Crippen LogP contribution in [-0.2, 0) is 36.7 Å². The topological polar surface area (TPSA) is 179 Å². The summed E-state index contributed by atoms with van der Waals surface area (Å²) in [6, 6.07) is -0.820. The molecule has 2 aromatic rings. The highest BCUT2D eigenvalue weighted by atomic mass is 31.2. The number of hydrogen-bond acceptors (Lipinski definition) is 13. The third kappa shape index (κ3) is 10.3. The van der Waals surface area contributed by atoms with Crippen LogP contribution in [0.15, 0.2) is 6.33 Å². The molecule has 1 fully saturated rings. The summed E-state index contributed by atoms with van der Waals surface area (Å²) in [6.45, 7) is 13.6. The molecule has 14 nitrogen and oxygen atoms in total. The Morgan fingerprint density at radius 2 is 1.33 bits per heavy atom. The molecule has 1 saturated carbocycles. The number of anilines is 1. The Morgan fingerprint density at radius 3 is 1.79 bits per heavy atom. The number of rotatable bonds is 19. The number of aliphatic hydroxyl groups is 1. The van der Waals surface area contributed by atoms with E-state index >= 15 is 0 Å².